The fraction of sp³-hybridized carbons (Fsp3) is 0.308. The van der Waals surface area contributed by atoms with Gasteiger partial charge in [-0.15, -0.1) is 0 Å². The Morgan fingerprint density at radius 3 is 2.71 bits per heavy atom. The molecule has 0 fully saturated rings. The molecule has 0 saturated carbocycles. The van der Waals surface area contributed by atoms with E-state index in [0.29, 0.717) is 13.1 Å². The van der Waals surface area contributed by atoms with Gasteiger partial charge in [0, 0.05) is 19.2 Å². The molecule has 0 aliphatic rings. The molecule has 0 aromatic heterocycles. The number of halogens is 1. The molecule has 3 nitrogen and oxygen atoms in total. The molecule has 0 atom stereocenters. The largest absolute Gasteiger partial charge is 0.466 e. The van der Waals surface area contributed by atoms with Crippen LogP contribution in [-0.4, -0.2) is 26.3 Å². The van der Waals surface area contributed by atoms with Crippen LogP contribution in [0.1, 0.15) is 11.1 Å². The highest BCUT2D eigenvalue weighted by Crippen LogP contribution is 2.06. The summed E-state index contributed by atoms with van der Waals surface area (Å²) >= 11 is 0. The van der Waals surface area contributed by atoms with E-state index in [1.807, 2.05) is 24.3 Å². The maximum atomic E-state index is 11.9. The van der Waals surface area contributed by atoms with Crippen LogP contribution in [0.5, 0.6) is 0 Å². The normalized spacial score (nSPS) is 10.7. The van der Waals surface area contributed by atoms with Gasteiger partial charge in [-0.1, -0.05) is 24.3 Å². The Kier molecular flexibility index (Phi) is 5.96. The van der Waals surface area contributed by atoms with Crippen LogP contribution in [0.15, 0.2) is 30.3 Å². The van der Waals surface area contributed by atoms with Crippen LogP contribution < -0.4 is 5.32 Å². The first kappa shape index (κ1) is 13.4. The van der Waals surface area contributed by atoms with E-state index >= 15 is 0 Å². The van der Waals surface area contributed by atoms with Crippen LogP contribution in [0, 0.1) is 0 Å². The molecule has 17 heavy (non-hydrogen) atoms. The Morgan fingerprint density at radius 2 is 2.12 bits per heavy atom. The van der Waals surface area contributed by atoms with Crippen LogP contribution in [-0.2, 0) is 16.1 Å². The number of alkyl halides is 1. The number of rotatable bonds is 6. The number of hydrogen-bond donors (Lipinski definition) is 1. The monoisotopic (exact) mass is 237 g/mol. The lowest BCUT2D eigenvalue weighted by atomic mass is 10.1. The lowest BCUT2D eigenvalue weighted by Gasteiger charge is -2.02. The van der Waals surface area contributed by atoms with E-state index in [4.69, 9.17) is 0 Å². The van der Waals surface area contributed by atoms with Crippen molar-refractivity contribution in [3.8, 4) is 0 Å². The third-order valence-electron chi connectivity index (χ3n) is 2.19. The van der Waals surface area contributed by atoms with Crippen LogP contribution >= 0.6 is 0 Å². The Morgan fingerprint density at radius 1 is 1.41 bits per heavy atom. The first-order valence-corrected chi connectivity index (χ1v) is 5.38. The molecule has 1 aromatic rings. The maximum Gasteiger partial charge on any atom is 0.330 e. The number of benzene rings is 1. The van der Waals surface area contributed by atoms with Crippen LogP contribution in [0.4, 0.5) is 4.39 Å². The molecule has 1 rings (SSSR count). The van der Waals surface area contributed by atoms with Gasteiger partial charge in [0.05, 0.1) is 7.11 Å². The third kappa shape index (κ3) is 5.26. The van der Waals surface area contributed by atoms with Gasteiger partial charge in [-0.3, -0.25) is 0 Å². The van der Waals surface area contributed by atoms with E-state index < -0.39 is 0 Å². The molecule has 0 spiro atoms. The van der Waals surface area contributed by atoms with Gasteiger partial charge >= 0.3 is 5.97 Å². The minimum Gasteiger partial charge on any atom is -0.466 e. The molecule has 0 heterocycles. The summed E-state index contributed by atoms with van der Waals surface area (Å²) < 4.78 is 16.3. The van der Waals surface area contributed by atoms with E-state index in [9.17, 15) is 9.18 Å². The number of ether oxygens (including phenoxy) is 1. The van der Waals surface area contributed by atoms with Crippen molar-refractivity contribution in [2.45, 2.75) is 6.54 Å². The number of carbonyl (C=O) groups excluding carboxylic acids is 1. The molecule has 1 N–H and O–H groups in total. The molecular formula is C13H16FNO2. The highest BCUT2D eigenvalue weighted by atomic mass is 19.1. The van der Waals surface area contributed by atoms with Gasteiger partial charge in [-0.05, 0) is 17.2 Å². The summed E-state index contributed by atoms with van der Waals surface area (Å²) in [5.41, 5.74) is 2.00. The van der Waals surface area contributed by atoms with E-state index in [0.717, 1.165) is 11.1 Å². The fourth-order valence-corrected chi connectivity index (χ4v) is 1.28. The van der Waals surface area contributed by atoms with Crippen molar-refractivity contribution in [2.75, 3.05) is 20.3 Å². The van der Waals surface area contributed by atoms with Gasteiger partial charge in [0.25, 0.3) is 0 Å². The summed E-state index contributed by atoms with van der Waals surface area (Å²) in [6.07, 6.45) is 3.06. The minimum absolute atomic E-state index is 0.361. The molecule has 92 valence electrons. The number of esters is 1. The van der Waals surface area contributed by atoms with Crippen LogP contribution in [0.25, 0.3) is 6.08 Å². The number of methoxy groups -OCH3 is 1. The molecule has 1 aromatic carbocycles. The van der Waals surface area contributed by atoms with Crippen LogP contribution in [0.2, 0.25) is 0 Å². The van der Waals surface area contributed by atoms with Crippen molar-refractivity contribution in [1.29, 1.82) is 0 Å². The zero-order valence-corrected chi connectivity index (χ0v) is 9.78. The second-order valence-electron chi connectivity index (χ2n) is 3.46. The SMILES string of the molecule is COC(=O)/C=C/c1ccc(CNCCF)cc1. The zero-order valence-electron chi connectivity index (χ0n) is 9.78. The van der Waals surface area contributed by atoms with E-state index in [2.05, 4.69) is 10.1 Å². The van der Waals surface area contributed by atoms with E-state index in [1.54, 1.807) is 6.08 Å². The van der Waals surface area contributed by atoms with Gasteiger partial charge in [0.15, 0.2) is 0 Å². The standard InChI is InChI=1S/C13H16FNO2/c1-17-13(16)7-6-11-2-4-12(5-3-11)10-15-9-8-14/h2-7,15H,8-10H2,1H3/b7-6+. The van der Waals surface area contributed by atoms with Gasteiger partial charge in [0.2, 0.25) is 0 Å². The first-order chi connectivity index (χ1) is 8.26. The Bertz CT molecular complexity index is 374. The number of nitrogens with one attached hydrogen (secondary N) is 1. The van der Waals surface area contributed by atoms with Crippen molar-refractivity contribution in [1.82, 2.24) is 5.32 Å². The summed E-state index contributed by atoms with van der Waals surface area (Å²) in [6, 6.07) is 7.65. The second kappa shape index (κ2) is 7.57. The molecule has 4 heteroatoms. The van der Waals surface area contributed by atoms with Crippen molar-refractivity contribution in [2.24, 2.45) is 0 Å². The number of hydrogen-bond acceptors (Lipinski definition) is 3. The molecule has 0 bridgehead atoms. The van der Waals surface area contributed by atoms with Crippen molar-refractivity contribution < 1.29 is 13.9 Å². The quantitative estimate of drug-likeness (QED) is 0.467. The summed E-state index contributed by atoms with van der Waals surface area (Å²) in [4.78, 5) is 10.9. The summed E-state index contributed by atoms with van der Waals surface area (Å²) in [6.45, 7) is 0.648. The van der Waals surface area contributed by atoms with Gasteiger partial charge in [0.1, 0.15) is 6.67 Å². The lowest BCUT2D eigenvalue weighted by Crippen LogP contribution is -2.15. The Balaban J connectivity index is 2.50. The molecule has 0 aliphatic carbocycles. The van der Waals surface area contributed by atoms with E-state index in [1.165, 1.54) is 13.2 Å². The van der Waals surface area contributed by atoms with E-state index in [-0.39, 0.29) is 12.6 Å². The molecular weight excluding hydrogens is 221 g/mol. The third-order valence-corrected chi connectivity index (χ3v) is 2.19. The maximum absolute atomic E-state index is 11.9. The predicted octanol–water partition coefficient (Wildman–Crippen LogP) is 1.93. The molecule has 0 radical (unpaired) electrons. The van der Waals surface area contributed by atoms with Gasteiger partial charge < -0.3 is 10.1 Å². The lowest BCUT2D eigenvalue weighted by molar-refractivity contribution is -0.134. The van der Waals surface area contributed by atoms with Gasteiger partial charge in [-0.25, -0.2) is 9.18 Å². The highest BCUT2D eigenvalue weighted by molar-refractivity contribution is 5.86. The van der Waals surface area contributed by atoms with Crippen molar-refractivity contribution in [3.05, 3.63) is 41.5 Å². The first-order valence-electron chi connectivity index (χ1n) is 5.38. The van der Waals surface area contributed by atoms with Crippen molar-refractivity contribution >= 4 is 12.0 Å². The van der Waals surface area contributed by atoms with Crippen LogP contribution in [0.3, 0.4) is 0 Å². The molecule has 0 amide bonds. The summed E-state index contributed by atoms with van der Waals surface area (Å²) in [7, 11) is 1.34. The smallest absolute Gasteiger partial charge is 0.330 e. The second-order valence-corrected chi connectivity index (χ2v) is 3.46. The fourth-order valence-electron chi connectivity index (χ4n) is 1.28. The summed E-state index contributed by atoms with van der Waals surface area (Å²) in [5.74, 6) is -0.376. The molecule has 0 unspecified atom stereocenters. The van der Waals surface area contributed by atoms with Crippen molar-refractivity contribution in [3.63, 3.8) is 0 Å². The molecule has 0 aliphatic heterocycles. The topological polar surface area (TPSA) is 38.3 Å². The Hall–Kier alpha value is -1.68. The predicted molar refractivity (Wildman–Crippen MR) is 65.2 cm³/mol. The zero-order chi connectivity index (χ0) is 12.5. The average molecular weight is 237 g/mol. The highest BCUT2D eigenvalue weighted by Gasteiger charge is 1.94. The molecule has 0 saturated heterocycles. The van der Waals surface area contributed by atoms with Gasteiger partial charge in [-0.2, -0.15) is 0 Å². The minimum atomic E-state index is -0.376. The average Bonchev–Trinajstić information content (AvgIpc) is 2.37. The summed E-state index contributed by atoms with van der Waals surface area (Å²) in [5, 5.41) is 2.96. The Labute approximate surface area is 100 Å². The number of carbonyl (C=O) groups is 1.